The number of nitrogens with one attached hydrogen (secondary N) is 1. The normalized spacial score (nSPS) is 20.2. The molecule has 3 aromatic rings. The molecule has 156 valence electrons. The Morgan fingerprint density at radius 3 is 2.57 bits per heavy atom. The lowest BCUT2D eigenvalue weighted by molar-refractivity contribution is 0.0883. The van der Waals surface area contributed by atoms with E-state index in [-0.39, 0.29) is 11.6 Å². The van der Waals surface area contributed by atoms with Gasteiger partial charge in [0.2, 0.25) is 0 Å². The van der Waals surface area contributed by atoms with Crippen molar-refractivity contribution in [2.45, 2.75) is 31.7 Å². The largest absolute Gasteiger partial charge is 0.300 e. The Balaban J connectivity index is 1.27. The topological polar surface area (TPSA) is 57.2 Å². The van der Waals surface area contributed by atoms with Gasteiger partial charge in [0.05, 0.1) is 5.56 Å². The fraction of sp³-hybridized carbons (Fsp3) is 0.417. The SMILES string of the molecule is O=c1c2c([nH]n1-c1ccccn1)CCCC2N1CCN(CCc2ccccc2)CC1. The van der Waals surface area contributed by atoms with Gasteiger partial charge in [0.1, 0.15) is 0 Å². The number of hydrogen-bond donors (Lipinski definition) is 1. The monoisotopic (exact) mass is 403 g/mol. The molecule has 1 aromatic carbocycles. The fourth-order valence-electron chi connectivity index (χ4n) is 4.89. The third-order valence-electron chi connectivity index (χ3n) is 6.53. The van der Waals surface area contributed by atoms with Crippen LogP contribution in [0.2, 0.25) is 0 Å². The highest BCUT2D eigenvalue weighted by atomic mass is 16.1. The molecule has 3 heterocycles. The number of aromatic nitrogens is 3. The highest BCUT2D eigenvalue weighted by Gasteiger charge is 2.33. The van der Waals surface area contributed by atoms with Crippen molar-refractivity contribution in [2.75, 3.05) is 32.7 Å². The van der Waals surface area contributed by atoms with Gasteiger partial charge in [-0.3, -0.25) is 14.8 Å². The van der Waals surface area contributed by atoms with Gasteiger partial charge in [0.15, 0.2) is 5.82 Å². The molecule has 0 spiro atoms. The summed E-state index contributed by atoms with van der Waals surface area (Å²) >= 11 is 0. The van der Waals surface area contributed by atoms with Gasteiger partial charge >= 0.3 is 0 Å². The first-order valence-electron chi connectivity index (χ1n) is 11.0. The molecule has 30 heavy (non-hydrogen) atoms. The minimum Gasteiger partial charge on any atom is -0.300 e. The minimum absolute atomic E-state index is 0.0694. The van der Waals surface area contributed by atoms with Gasteiger partial charge in [0.25, 0.3) is 5.56 Å². The fourth-order valence-corrected chi connectivity index (χ4v) is 4.89. The molecule has 5 rings (SSSR count). The van der Waals surface area contributed by atoms with Gasteiger partial charge in [0, 0.05) is 50.7 Å². The Labute approximate surface area is 177 Å². The molecule has 1 atom stereocenters. The molecule has 1 aliphatic carbocycles. The maximum atomic E-state index is 13.2. The van der Waals surface area contributed by atoms with Gasteiger partial charge in [-0.25, -0.2) is 9.67 Å². The second kappa shape index (κ2) is 8.58. The summed E-state index contributed by atoms with van der Waals surface area (Å²) in [6.45, 7) is 5.28. The van der Waals surface area contributed by atoms with E-state index in [0.717, 1.165) is 69.7 Å². The highest BCUT2D eigenvalue weighted by molar-refractivity contribution is 5.30. The molecule has 1 aliphatic heterocycles. The lowest BCUT2D eigenvalue weighted by atomic mass is 9.91. The first-order valence-corrected chi connectivity index (χ1v) is 11.0. The van der Waals surface area contributed by atoms with Crippen molar-refractivity contribution in [3.05, 3.63) is 81.9 Å². The summed E-state index contributed by atoms with van der Waals surface area (Å²) in [5.41, 5.74) is 3.53. The molecule has 1 fully saturated rings. The summed E-state index contributed by atoms with van der Waals surface area (Å²) in [5.74, 6) is 0.668. The van der Waals surface area contributed by atoms with Crippen LogP contribution in [0.25, 0.3) is 5.82 Å². The zero-order valence-corrected chi connectivity index (χ0v) is 17.3. The molecule has 0 bridgehead atoms. The van der Waals surface area contributed by atoms with Crippen LogP contribution in [0.5, 0.6) is 0 Å². The number of benzene rings is 1. The molecule has 0 saturated carbocycles. The van der Waals surface area contributed by atoms with E-state index >= 15 is 0 Å². The Morgan fingerprint density at radius 1 is 1.00 bits per heavy atom. The van der Waals surface area contributed by atoms with E-state index in [0.29, 0.717) is 5.82 Å². The summed E-state index contributed by atoms with van der Waals surface area (Å²) in [6, 6.07) is 16.6. The van der Waals surface area contributed by atoms with Crippen molar-refractivity contribution in [3.63, 3.8) is 0 Å². The Kier molecular flexibility index (Phi) is 5.51. The lowest BCUT2D eigenvalue weighted by Gasteiger charge is -2.40. The standard InChI is InChI=1S/C24H29N5O/c30-24-23-20(26-29(24)22-11-4-5-13-25-22)9-6-10-21(23)28-17-15-27(16-18-28)14-12-19-7-2-1-3-8-19/h1-5,7-8,11,13,21,26H,6,9-10,12,14-18H2. The molecular formula is C24H29N5O. The Bertz CT molecular complexity index is 1020. The van der Waals surface area contributed by atoms with Gasteiger partial charge < -0.3 is 4.90 Å². The van der Waals surface area contributed by atoms with Gasteiger partial charge in [-0.15, -0.1) is 0 Å². The van der Waals surface area contributed by atoms with Crippen molar-refractivity contribution < 1.29 is 0 Å². The van der Waals surface area contributed by atoms with Crippen LogP contribution in [-0.4, -0.2) is 57.3 Å². The number of fused-ring (bicyclic) bond motifs is 1. The van der Waals surface area contributed by atoms with E-state index in [2.05, 4.69) is 50.2 Å². The van der Waals surface area contributed by atoms with Crippen molar-refractivity contribution in [2.24, 2.45) is 0 Å². The van der Waals surface area contributed by atoms with E-state index in [1.807, 2.05) is 18.2 Å². The molecule has 0 radical (unpaired) electrons. The van der Waals surface area contributed by atoms with Crippen LogP contribution < -0.4 is 5.56 Å². The van der Waals surface area contributed by atoms with Crippen LogP contribution in [0.3, 0.4) is 0 Å². The van der Waals surface area contributed by atoms with Crippen LogP contribution in [-0.2, 0) is 12.8 Å². The number of hydrogen-bond acceptors (Lipinski definition) is 4. The number of piperazine rings is 1. The summed E-state index contributed by atoms with van der Waals surface area (Å²) in [5, 5.41) is 3.34. The average Bonchev–Trinajstić information content (AvgIpc) is 3.16. The van der Waals surface area contributed by atoms with Gasteiger partial charge in [-0.1, -0.05) is 36.4 Å². The van der Waals surface area contributed by atoms with E-state index in [9.17, 15) is 4.79 Å². The number of rotatable bonds is 5. The Morgan fingerprint density at radius 2 is 1.80 bits per heavy atom. The number of aromatic amines is 1. The second-order valence-corrected chi connectivity index (χ2v) is 8.35. The van der Waals surface area contributed by atoms with Crippen LogP contribution in [0, 0.1) is 0 Å². The first kappa shape index (κ1) is 19.3. The lowest BCUT2D eigenvalue weighted by Crippen LogP contribution is -2.49. The minimum atomic E-state index is 0.0694. The first-order chi connectivity index (χ1) is 14.8. The van der Waals surface area contributed by atoms with Crippen molar-refractivity contribution in [3.8, 4) is 5.82 Å². The zero-order valence-electron chi connectivity index (χ0n) is 17.3. The smallest absolute Gasteiger partial charge is 0.277 e. The van der Waals surface area contributed by atoms with E-state index in [4.69, 9.17) is 0 Å². The third kappa shape index (κ3) is 3.85. The predicted octanol–water partition coefficient (Wildman–Crippen LogP) is 2.80. The molecule has 2 aromatic heterocycles. The van der Waals surface area contributed by atoms with E-state index < -0.39 is 0 Å². The van der Waals surface area contributed by atoms with Crippen molar-refractivity contribution >= 4 is 0 Å². The van der Waals surface area contributed by atoms with Crippen LogP contribution in [0.1, 0.15) is 35.7 Å². The highest BCUT2D eigenvalue weighted by Crippen LogP contribution is 2.32. The van der Waals surface area contributed by atoms with Crippen LogP contribution in [0.4, 0.5) is 0 Å². The molecular weight excluding hydrogens is 374 g/mol. The maximum Gasteiger partial charge on any atom is 0.277 e. The number of pyridine rings is 1. The number of aryl methyl sites for hydroxylation is 1. The molecule has 1 N–H and O–H groups in total. The summed E-state index contributed by atoms with van der Waals surface area (Å²) in [4.78, 5) is 22.7. The van der Waals surface area contributed by atoms with E-state index in [1.165, 1.54) is 5.56 Å². The average molecular weight is 404 g/mol. The summed E-state index contributed by atoms with van der Waals surface area (Å²) in [7, 11) is 0. The van der Waals surface area contributed by atoms with Crippen LogP contribution in [0.15, 0.2) is 59.5 Å². The number of H-pyrrole nitrogens is 1. The number of nitrogens with zero attached hydrogens (tertiary/aromatic N) is 4. The third-order valence-corrected chi connectivity index (χ3v) is 6.53. The zero-order chi connectivity index (χ0) is 20.3. The molecule has 6 nitrogen and oxygen atoms in total. The van der Waals surface area contributed by atoms with E-state index in [1.54, 1.807) is 10.9 Å². The van der Waals surface area contributed by atoms with Crippen molar-refractivity contribution in [1.82, 2.24) is 24.6 Å². The Hall–Kier alpha value is -2.70. The van der Waals surface area contributed by atoms with Gasteiger partial charge in [-0.05, 0) is 43.4 Å². The second-order valence-electron chi connectivity index (χ2n) is 8.35. The molecule has 0 amide bonds. The quantitative estimate of drug-likeness (QED) is 0.712. The maximum absolute atomic E-state index is 13.2. The van der Waals surface area contributed by atoms with Crippen molar-refractivity contribution in [1.29, 1.82) is 0 Å². The molecule has 1 saturated heterocycles. The van der Waals surface area contributed by atoms with Crippen LogP contribution >= 0.6 is 0 Å². The molecule has 6 heteroatoms. The molecule has 2 aliphatic rings. The molecule has 1 unspecified atom stereocenters. The summed E-state index contributed by atoms with van der Waals surface area (Å²) in [6.07, 6.45) is 5.95. The summed E-state index contributed by atoms with van der Waals surface area (Å²) < 4.78 is 1.62. The predicted molar refractivity (Wildman–Crippen MR) is 118 cm³/mol. The van der Waals surface area contributed by atoms with Gasteiger partial charge in [-0.2, -0.15) is 0 Å².